The zero-order valence-electron chi connectivity index (χ0n) is 19.5. The number of halogens is 2. The van der Waals surface area contributed by atoms with Gasteiger partial charge >= 0.3 is 0 Å². The number of nitrogens with zero attached hydrogens (tertiary/aromatic N) is 3. The fourth-order valence-corrected chi connectivity index (χ4v) is 4.09. The molecule has 1 atom stereocenters. The molecule has 1 aliphatic rings. The van der Waals surface area contributed by atoms with Gasteiger partial charge in [0.05, 0.1) is 28.5 Å². The lowest BCUT2D eigenvalue weighted by atomic mass is 9.95. The van der Waals surface area contributed by atoms with Crippen LogP contribution in [0, 0.1) is 17.0 Å². The van der Waals surface area contributed by atoms with E-state index in [1.807, 2.05) is 43.3 Å². The minimum Gasteiger partial charge on any atom is -0.356 e. The number of non-ortho nitro benzene ring substituents is 1. The highest BCUT2D eigenvalue weighted by Crippen LogP contribution is 2.32. The largest absolute Gasteiger partial charge is 0.356 e. The molecule has 1 fully saturated rings. The standard InChI is InChI=1S/C25H26N4O4.2ClH/c1-3-28(23-16-26-12-13-33-23)25(30)24-17(2)27-22(15-21(24)18-8-5-4-6-9-18)19-10-7-11-20(14-19)29(31)32;;/h4-11,14-15,23,26H,3,12-13,16H2,1-2H3;2*1H. The van der Waals surface area contributed by atoms with E-state index in [4.69, 9.17) is 4.74 Å². The molecule has 1 N–H and O–H groups in total. The molecule has 1 unspecified atom stereocenters. The van der Waals surface area contributed by atoms with E-state index < -0.39 is 4.92 Å². The fraction of sp³-hybridized carbons (Fsp3) is 0.280. The number of aryl methyl sites for hydroxylation is 1. The Bertz CT molecular complexity index is 1170. The Hall–Kier alpha value is -3.04. The lowest BCUT2D eigenvalue weighted by Gasteiger charge is -2.34. The van der Waals surface area contributed by atoms with Crippen molar-refractivity contribution in [2.45, 2.75) is 20.1 Å². The molecule has 0 aliphatic carbocycles. The summed E-state index contributed by atoms with van der Waals surface area (Å²) in [5.74, 6) is -0.152. The molecule has 3 aromatic rings. The van der Waals surface area contributed by atoms with Gasteiger partial charge in [0.15, 0.2) is 0 Å². The van der Waals surface area contributed by atoms with E-state index in [2.05, 4.69) is 10.3 Å². The third kappa shape index (κ3) is 6.15. The van der Waals surface area contributed by atoms with Gasteiger partial charge in [0.25, 0.3) is 11.6 Å². The number of likely N-dealkylation sites (N-methyl/N-ethyl adjacent to an activating group) is 1. The number of nitro groups is 1. The van der Waals surface area contributed by atoms with Crippen molar-refractivity contribution in [1.29, 1.82) is 0 Å². The van der Waals surface area contributed by atoms with Crippen molar-refractivity contribution in [2.24, 2.45) is 0 Å². The minimum atomic E-state index is -0.427. The first-order valence-electron chi connectivity index (χ1n) is 10.9. The molecular formula is C25H28Cl2N4O4. The van der Waals surface area contributed by atoms with Gasteiger partial charge < -0.3 is 15.0 Å². The van der Waals surface area contributed by atoms with Gasteiger partial charge in [0.2, 0.25) is 0 Å². The summed E-state index contributed by atoms with van der Waals surface area (Å²) in [5, 5.41) is 14.5. The van der Waals surface area contributed by atoms with Crippen molar-refractivity contribution in [2.75, 3.05) is 26.2 Å². The maximum absolute atomic E-state index is 13.8. The summed E-state index contributed by atoms with van der Waals surface area (Å²) in [7, 11) is 0. The molecule has 4 rings (SSSR count). The number of carbonyl (C=O) groups is 1. The monoisotopic (exact) mass is 518 g/mol. The Morgan fingerprint density at radius 1 is 1.14 bits per heavy atom. The number of carbonyl (C=O) groups excluding carboxylic acids is 1. The predicted octanol–water partition coefficient (Wildman–Crippen LogP) is 4.88. The molecule has 8 nitrogen and oxygen atoms in total. The van der Waals surface area contributed by atoms with E-state index in [9.17, 15) is 14.9 Å². The topological polar surface area (TPSA) is 97.6 Å². The van der Waals surface area contributed by atoms with Gasteiger partial charge in [-0.3, -0.25) is 19.9 Å². The minimum absolute atomic E-state index is 0. The molecule has 0 radical (unpaired) electrons. The van der Waals surface area contributed by atoms with Crippen molar-refractivity contribution in [1.82, 2.24) is 15.2 Å². The summed E-state index contributed by atoms with van der Waals surface area (Å²) >= 11 is 0. The van der Waals surface area contributed by atoms with Crippen LogP contribution in [0.4, 0.5) is 5.69 Å². The van der Waals surface area contributed by atoms with Crippen LogP contribution in [0.2, 0.25) is 0 Å². The van der Waals surface area contributed by atoms with Crippen LogP contribution in [-0.2, 0) is 4.74 Å². The number of hydrogen-bond donors (Lipinski definition) is 1. The van der Waals surface area contributed by atoms with Crippen LogP contribution < -0.4 is 5.32 Å². The normalized spacial score (nSPS) is 14.9. The Morgan fingerprint density at radius 3 is 2.49 bits per heavy atom. The molecule has 0 bridgehead atoms. The summed E-state index contributed by atoms with van der Waals surface area (Å²) in [6.45, 7) is 6.09. The van der Waals surface area contributed by atoms with E-state index in [1.165, 1.54) is 12.1 Å². The van der Waals surface area contributed by atoms with Crippen LogP contribution in [0.1, 0.15) is 23.0 Å². The van der Waals surface area contributed by atoms with Crippen LogP contribution in [-0.4, -0.2) is 53.2 Å². The molecule has 1 amide bonds. The van der Waals surface area contributed by atoms with Crippen molar-refractivity contribution in [3.05, 3.63) is 82.0 Å². The zero-order valence-corrected chi connectivity index (χ0v) is 21.1. The van der Waals surface area contributed by atoms with Crippen molar-refractivity contribution >= 4 is 36.4 Å². The average molecular weight is 519 g/mol. The van der Waals surface area contributed by atoms with E-state index in [1.54, 1.807) is 24.0 Å². The molecule has 186 valence electrons. The van der Waals surface area contributed by atoms with Crippen molar-refractivity contribution in [3.8, 4) is 22.4 Å². The number of aromatic nitrogens is 1. The number of rotatable bonds is 6. The summed E-state index contributed by atoms with van der Waals surface area (Å²) in [4.78, 5) is 31.0. The predicted molar refractivity (Wildman–Crippen MR) is 140 cm³/mol. The molecular weight excluding hydrogens is 491 g/mol. The van der Waals surface area contributed by atoms with Gasteiger partial charge in [-0.05, 0) is 31.0 Å². The summed E-state index contributed by atoms with van der Waals surface area (Å²) in [6, 6.07) is 17.8. The third-order valence-corrected chi connectivity index (χ3v) is 5.71. The maximum Gasteiger partial charge on any atom is 0.270 e. The average Bonchev–Trinajstić information content (AvgIpc) is 2.85. The highest BCUT2D eigenvalue weighted by atomic mass is 35.5. The molecule has 0 spiro atoms. The molecule has 35 heavy (non-hydrogen) atoms. The van der Waals surface area contributed by atoms with Crippen LogP contribution >= 0.6 is 24.8 Å². The SMILES string of the molecule is CCN(C(=O)c1c(-c2ccccc2)cc(-c2cccc([N+](=O)[O-])c2)nc1C)C1CNCCO1.Cl.Cl. The number of nitro benzene ring substituents is 1. The molecule has 1 saturated heterocycles. The van der Waals surface area contributed by atoms with Gasteiger partial charge in [-0.25, -0.2) is 0 Å². The summed E-state index contributed by atoms with van der Waals surface area (Å²) in [6.07, 6.45) is -0.351. The molecule has 2 heterocycles. The highest BCUT2D eigenvalue weighted by Gasteiger charge is 2.29. The second kappa shape index (κ2) is 12.6. The van der Waals surface area contributed by atoms with E-state index in [-0.39, 0.29) is 42.6 Å². The zero-order chi connectivity index (χ0) is 23.4. The number of benzene rings is 2. The quantitative estimate of drug-likeness (QED) is 0.368. The maximum atomic E-state index is 13.8. The molecule has 10 heteroatoms. The lowest BCUT2D eigenvalue weighted by molar-refractivity contribution is -0.384. The van der Waals surface area contributed by atoms with E-state index in [0.717, 1.165) is 17.7 Å². The fourth-order valence-electron chi connectivity index (χ4n) is 4.09. The summed E-state index contributed by atoms with van der Waals surface area (Å²) in [5.41, 5.74) is 3.86. The van der Waals surface area contributed by atoms with E-state index in [0.29, 0.717) is 42.2 Å². The van der Waals surface area contributed by atoms with E-state index >= 15 is 0 Å². The van der Waals surface area contributed by atoms with Crippen molar-refractivity contribution in [3.63, 3.8) is 0 Å². The molecule has 1 aromatic heterocycles. The Balaban J connectivity index is 0.00000216. The van der Waals surface area contributed by atoms with Gasteiger partial charge in [-0.1, -0.05) is 42.5 Å². The molecule has 2 aromatic carbocycles. The third-order valence-electron chi connectivity index (χ3n) is 5.71. The first-order chi connectivity index (χ1) is 16.0. The van der Waals surface area contributed by atoms with Gasteiger partial charge in [0.1, 0.15) is 6.23 Å². The Labute approximate surface area is 216 Å². The van der Waals surface area contributed by atoms with Crippen LogP contribution in [0.25, 0.3) is 22.4 Å². The lowest BCUT2D eigenvalue weighted by Crippen LogP contribution is -2.51. The Morgan fingerprint density at radius 2 is 1.86 bits per heavy atom. The van der Waals surface area contributed by atoms with Gasteiger partial charge in [0, 0.05) is 37.3 Å². The number of pyridine rings is 1. The van der Waals surface area contributed by atoms with Crippen molar-refractivity contribution < 1.29 is 14.5 Å². The van der Waals surface area contributed by atoms with Crippen LogP contribution in [0.15, 0.2) is 60.7 Å². The second-order valence-corrected chi connectivity index (χ2v) is 7.81. The number of ether oxygens (including phenoxy) is 1. The first-order valence-corrected chi connectivity index (χ1v) is 10.9. The van der Waals surface area contributed by atoms with Crippen LogP contribution in [0.5, 0.6) is 0 Å². The smallest absolute Gasteiger partial charge is 0.270 e. The molecule has 1 aliphatic heterocycles. The highest BCUT2D eigenvalue weighted by molar-refractivity contribution is 6.02. The number of nitrogens with one attached hydrogen (secondary N) is 1. The number of morpholine rings is 1. The summed E-state index contributed by atoms with van der Waals surface area (Å²) < 4.78 is 5.85. The first kappa shape index (κ1) is 28.2. The Kier molecular flexibility index (Phi) is 10.2. The second-order valence-electron chi connectivity index (χ2n) is 7.81. The number of amides is 1. The molecule has 0 saturated carbocycles. The number of hydrogen-bond acceptors (Lipinski definition) is 6. The van der Waals surface area contributed by atoms with Gasteiger partial charge in [-0.2, -0.15) is 0 Å². The van der Waals surface area contributed by atoms with Gasteiger partial charge in [-0.15, -0.1) is 24.8 Å². The van der Waals surface area contributed by atoms with Crippen LogP contribution in [0.3, 0.4) is 0 Å².